The lowest BCUT2D eigenvalue weighted by Gasteiger charge is -2.34. The number of amides is 2. The predicted molar refractivity (Wildman–Crippen MR) is 195 cm³/mol. The van der Waals surface area contributed by atoms with E-state index in [4.69, 9.17) is 9.47 Å². The van der Waals surface area contributed by atoms with E-state index < -0.39 is 65.9 Å². The molecule has 0 aromatic heterocycles. The Labute approximate surface area is 308 Å². The van der Waals surface area contributed by atoms with Crippen LogP contribution in [0.4, 0.5) is 0 Å². The Bertz CT molecular complexity index is 1330. The van der Waals surface area contributed by atoms with Crippen molar-refractivity contribution in [2.45, 2.75) is 135 Å². The molecule has 0 bridgehead atoms. The first-order chi connectivity index (χ1) is 24.4. The number of aliphatic carboxylic acids is 1. The number of Topliss-reactive ketones (excluding diaryl/α,β-unsaturated/α-hetero) is 1. The molecule has 52 heavy (non-hydrogen) atoms. The highest BCUT2D eigenvalue weighted by atomic mass is 16.6. The number of hydrogen-bond acceptors (Lipinski definition) is 10. The quantitative estimate of drug-likeness (QED) is 0.0597. The van der Waals surface area contributed by atoms with Crippen LogP contribution in [0.3, 0.4) is 0 Å². The molecule has 0 spiro atoms. The van der Waals surface area contributed by atoms with Crippen LogP contribution in [0.15, 0.2) is 36.4 Å². The van der Waals surface area contributed by atoms with E-state index >= 15 is 0 Å². The first-order valence-corrected chi connectivity index (χ1v) is 18.2. The molecule has 0 aliphatic carbocycles. The van der Waals surface area contributed by atoms with Crippen molar-refractivity contribution in [2.75, 3.05) is 20.7 Å². The summed E-state index contributed by atoms with van der Waals surface area (Å²) in [5, 5.41) is 33.6. The number of phenols is 1. The second-order valence-corrected chi connectivity index (χ2v) is 14.4. The second kappa shape index (κ2) is 23.3. The zero-order valence-electron chi connectivity index (χ0n) is 31.8. The molecule has 13 nitrogen and oxygen atoms in total. The van der Waals surface area contributed by atoms with E-state index in [0.29, 0.717) is 31.2 Å². The summed E-state index contributed by atoms with van der Waals surface area (Å²) >= 11 is 0. The standard InChI is InChI=1S/C39H60N2O11/c1-7-8-9-12-15-18-29(42)19-16-13-10-11-14-17-20-31(39(50,26-34(45)46)37(49)52-38(2,3)4)35(47)40-32(25-28-21-23-30(43)24-22-28)36(48)51-27-33(44)41(5)6/h17,20-24,31-32,43,50H,7-16,18-19,25-27H2,1-6H3,(H,40,47)(H,45,46)/b20-17+/t31-,32+,39+/m1/s1. The summed E-state index contributed by atoms with van der Waals surface area (Å²) in [6, 6.07) is 4.34. The van der Waals surface area contributed by atoms with Gasteiger partial charge in [-0.3, -0.25) is 19.2 Å². The number of nitrogens with zero attached hydrogens (tertiary/aromatic N) is 1. The van der Waals surface area contributed by atoms with Crippen LogP contribution in [0, 0.1) is 5.92 Å². The summed E-state index contributed by atoms with van der Waals surface area (Å²) in [7, 11) is 2.95. The highest BCUT2D eigenvalue weighted by Gasteiger charge is 2.51. The lowest BCUT2D eigenvalue weighted by molar-refractivity contribution is -0.187. The Balaban J connectivity index is 3.20. The number of rotatable bonds is 25. The maximum absolute atomic E-state index is 14.0. The molecule has 292 valence electrons. The largest absolute Gasteiger partial charge is 0.508 e. The summed E-state index contributed by atoms with van der Waals surface area (Å²) in [6.07, 6.45) is 11.5. The van der Waals surface area contributed by atoms with Gasteiger partial charge in [0.2, 0.25) is 5.91 Å². The summed E-state index contributed by atoms with van der Waals surface area (Å²) in [5.74, 6) is -7.06. The lowest BCUT2D eigenvalue weighted by Crippen LogP contribution is -2.57. The van der Waals surface area contributed by atoms with Gasteiger partial charge in [0.05, 0.1) is 12.3 Å². The first kappa shape index (κ1) is 45.8. The summed E-state index contributed by atoms with van der Waals surface area (Å²) in [5.41, 5.74) is -3.52. The minimum absolute atomic E-state index is 0.0357. The molecule has 0 saturated carbocycles. The molecule has 0 fully saturated rings. The van der Waals surface area contributed by atoms with Gasteiger partial charge in [0, 0.05) is 33.4 Å². The van der Waals surface area contributed by atoms with Crippen LogP contribution in [0.1, 0.15) is 117 Å². The topological polar surface area (TPSA) is 197 Å². The van der Waals surface area contributed by atoms with Crippen molar-refractivity contribution in [3.8, 4) is 5.75 Å². The van der Waals surface area contributed by atoms with Gasteiger partial charge in [-0.25, -0.2) is 9.59 Å². The number of aromatic hydroxyl groups is 1. The van der Waals surface area contributed by atoms with Crippen LogP contribution in [-0.4, -0.2) is 93.7 Å². The number of carbonyl (C=O) groups excluding carboxylic acids is 5. The van der Waals surface area contributed by atoms with Crippen molar-refractivity contribution < 1.29 is 53.6 Å². The molecule has 0 heterocycles. The Hall–Kier alpha value is -4.26. The number of phenolic OH excluding ortho intramolecular Hbond substituents is 1. The molecule has 0 aliphatic rings. The van der Waals surface area contributed by atoms with Crippen LogP contribution in [0.2, 0.25) is 0 Å². The number of unbranched alkanes of at least 4 members (excludes halogenated alkanes) is 8. The predicted octanol–water partition coefficient (Wildman–Crippen LogP) is 5.04. The average Bonchev–Trinajstić information content (AvgIpc) is 3.05. The zero-order chi connectivity index (χ0) is 39.3. The highest BCUT2D eigenvalue weighted by molar-refractivity contribution is 5.95. The van der Waals surface area contributed by atoms with E-state index in [9.17, 15) is 44.1 Å². The third-order valence-electron chi connectivity index (χ3n) is 8.25. The SMILES string of the molecule is CCCCCCCC(=O)CCCCCC/C=C/[C@H](C(=O)N[C@@H](Cc1ccc(O)cc1)C(=O)OCC(=O)N(C)C)[C@@](O)(CC(=O)O)C(=O)OC(C)(C)C. The number of ketones is 1. The van der Waals surface area contributed by atoms with Crippen molar-refractivity contribution in [3.05, 3.63) is 42.0 Å². The Morgan fingerprint density at radius 3 is 2.00 bits per heavy atom. The van der Waals surface area contributed by atoms with Crippen molar-refractivity contribution in [3.63, 3.8) is 0 Å². The van der Waals surface area contributed by atoms with Gasteiger partial charge in [-0.15, -0.1) is 0 Å². The molecule has 2 amide bonds. The van der Waals surface area contributed by atoms with Crippen LogP contribution in [-0.2, 0) is 44.7 Å². The number of nitrogens with one attached hydrogen (secondary N) is 1. The number of carboxylic acid groups (broad SMARTS) is 1. The number of carboxylic acids is 1. The molecular formula is C39H60N2O11. The number of hydrogen-bond donors (Lipinski definition) is 4. The molecule has 1 aromatic rings. The highest BCUT2D eigenvalue weighted by Crippen LogP contribution is 2.29. The van der Waals surface area contributed by atoms with Crippen molar-refractivity contribution in [1.82, 2.24) is 10.2 Å². The Kier molecular flexibility index (Phi) is 20.5. The fraction of sp³-hybridized carbons (Fsp3) is 0.641. The lowest BCUT2D eigenvalue weighted by atomic mass is 9.82. The monoisotopic (exact) mass is 732 g/mol. The third kappa shape index (κ3) is 18.3. The van der Waals surface area contributed by atoms with E-state index in [1.165, 1.54) is 76.5 Å². The molecule has 3 atom stereocenters. The number of aliphatic hydroxyl groups is 1. The maximum atomic E-state index is 14.0. The number of ether oxygens (including phenoxy) is 2. The van der Waals surface area contributed by atoms with Gasteiger partial charge in [-0.2, -0.15) is 0 Å². The molecule has 1 rings (SSSR count). The van der Waals surface area contributed by atoms with Gasteiger partial charge in [0.25, 0.3) is 5.91 Å². The minimum atomic E-state index is -2.87. The molecular weight excluding hydrogens is 672 g/mol. The van der Waals surface area contributed by atoms with E-state index in [2.05, 4.69) is 12.2 Å². The van der Waals surface area contributed by atoms with Crippen molar-refractivity contribution in [2.24, 2.45) is 5.92 Å². The van der Waals surface area contributed by atoms with Gasteiger partial charge in [-0.05, 0) is 64.2 Å². The van der Waals surface area contributed by atoms with Gasteiger partial charge < -0.3 is 35.0 Å². The smallest absolute Gasteiger partial charge is 0.340 e. The number of allylic oxidation sites excluding steroid dienone is 1. The molecule has 1 aromatic carbocycles. The third-order valence-corrected chi connectivity index (χ3v) is 8.25. The van der Waals surface area contributed by atoms with Crippen LogP contribution >= 0.6 is 0 Å². The Morgan fingerprint density at radius 1 is 0.885 bits per heavy atom. The van der Waals surface area contributed by atoms with Gasteiger partial charge in [-0.1, -0.05) is 69.7 Å². The fourth-order valence-corrected chi connectivity index (χ4v) is 5.28. The number of esters is 2. The zero-order valence-corrected chi connectivity index (χ0v) is 31.8. The van der Waals surface area contributed by atoms with Crippen LogP contribution < -0.4 is 5.32 Å². The summed E-state index contributed by atoms with van der Waals surface area (Å²) < 4.78 is 10.5. The van der Waals surface area contributed by atoms with E-state index in [1.807, 2.05) is 0 Å². The number of benzene rings is 1. The van der Waals surface area contributed by atoms with Gasteiger partial charge >= 0.3 is 17.9 Å². The fourth-order valence-electron chi connectivity index (χ4n) is 5.28. The summed E-state index contributed by atoms with van der Waals surface area (Å²) in [6.45, 7) is 6.10. The van der Waals surface area contributed by atoms with Crippen LogP contribution in [0.5, 0.6) is 5.75 Å². The normalized spacial score (nSPS) is 13.8. The molecule has 0 radical (unpaired) electrons. The maximum Gasteiger partial charge on any atom is 0.340 e. The van der Waals surface area contributed by atoms with Crippen LogP contribution in [0.25, 0.3) is 0 Å². The average molecular weight is 733 g/mol. The number of likely N-dealkylation sites (N-methyl/N-ethyl adjacent to an activating group) is 1. The Morgan fingerprint density at radius 2 is 1.46 bits per heavy atom. The van der Waals surface area contributed by atoms with E-state index in [0.717, 1.165) is 44.9 Å². The molecule has 0 saturated heterocycles. The first-order valence-electron chi connectivity index (χ1n) is 18.2. The van der Waals surface area contributed by atoms with E-state index in [-0.39, 0.29) is 18.0 Å². The second-order valence-electron chi connectivity index (χ2n) is 14.4. The van der Waals surface area contributed by atoms with E-state index in [1.54, 1.807) is 6.08 Å². The molecule has 0 aliphatic heterocycles. The molecule has 4 N–H and O–H groups in total. The van der Waals surface area contributed by atoms with Gasteiger partial charge in [0.1, 0.15) is 23.2 Å². The van der Waals surface area contributed by atoms with Crippen molar-refractivity contribution >= 4 is 35.5 Å². The molecule has 13 heteroatoms. The minimum Gasteiger partial charge on any atom is -0.508 e. The number of carbonyl (C=O) groups is 6. The van der Waals surface area contributed by atoms with Crippen molar-refractivity contribution in [1.29, 1.82) is 0 Å². The molecule has 0 unspecified atom stereocenters. The van der Waals surface area contributed by atoms with Gasteiger partial charge in [0.15, 0.2) is 12.2 Å². The summed E-state index contributed by atoms with van der Waals surface area (Å²) in [4.78, 5) is 78.0.